The van der Waals surface area contributed by atoms with E-state index in [9.17, 15) is 4.79 Å². The molecule has 0 saturated carbocycles. The van der Waals surface area contributed by atoms with Gasteiger partial charge in [-0.15, -0.1) is 0 Å². The van der Waals surface area contributed by atoms with Gasteiger partial charge < -0.3 is 10.1 Å². The molecule has 134 valence electrons. The summed E-state index contributed by atoms with van der Waals surface area (Å²) in [7, 11) is 1.95. The van der Waals surface area contributed by atoms with Crippen molar-refractivity contribution in [3.63, 3.8) is 0 Å². The molecule has 0 spiro atoms. The molecule has 1 heterocycles. The van der Waals surface area contributed by atoms with Crippen LogP contribution in [0.15, 0.2) is 30.5 Å². The molecule has 0 bridgehead atoms. The number of carbonyl (C=O) groups is 1. The van der Waals surface area contributed by atoms with Gasteiger partial charge in [0, 0.05) is 31.5 Å². The second-order valence-corrected chi connectivity index (χ2v) is 7.46. The van der Waals surface area contributed by atoms with Gasteiger partial charge in [0.1, 0.15) is 5.60 Å². The number of nitrogens with zero attached hydrogens (tertiary/aromatic N) is 2. The van der Waals surface area contributed by atoms with Crippen LogP contribution in [0.4, 0.5) is 10.5 Å². The van der Waals surface area contributed by atoms with Gasteiger partial charge in [-0.2, -0.15) is 5.10 Å². The highest BCUT2D eigenvalue weighted by atomic mass is 16.6. The van der Waals surface area contributed by atoms with Crippen LogP contribution in [0.3, 0.4) is 0 Å². The predicted molar refractivity (Wildman–Crippen MR) is 97.4 cm³/mol. The SMILES string of the molecule is Cn1nccc1CNC1CCc2cc(NC(=O)OC(C)(C)C)ccc21. The number of aryl methyl sites for hydroxylation is 2. The Morgan fingerprint density at radius 3 is 2.84 bits per heavy atom. The molecule has 0 radical (unpaired) electrons. The number of amides is 1. The molecule has 1 amide bonds. The van der Waals surface area contributed by atoms with E-state index in [0.717, 1.165) is 30.8 Å². The first-order valence-corrected chi connectivity index (χ1v) is 8.65. The molecule has 6 heteroatoms. The lowest BCUT2D eigenvalue weighted by Gasteiger charge is -2.20. The first kappa shape index (κ1) is 17.5. The summed E-state index contributed by atoms with van der Waals surface area (Å²) in [6.45, 7) is 6.36. The Morgan fingerprint density at radius 2 is 2.16 bits per heavy atom. The third-order valence-electron chi connectivity index (χ3n) is 4.32. The van der Waals surface area contributed by atoms with Gasteiger partial charge in [-0.3, -0.25) is 10.00 Å². The number of hydrogen-bond donors (Lipinski definition) is 2. The molecule has 1 aromatic heterocycles. The van der Waals surface area contributed by atoms with Crippen LogP contribution in [0.25, 0.3) is 0 Å². The molecule has 0 fully saturated rings. The Labute approximate surface area is 148 Å². The van der Waals surface area contributed by atoms with Gasteiger partial charge >= 0.3 is 6.09 Å². The number of hydrogen-bond acceptors (Lipinski definition) is 4. The highest BCUT2D eigenvalue weighted by molar-refractivity contribution is 5.85. The number of carbonyl (C=O) groups excluding carboxylic acids is 1. The van der Waals surface area contributed by atoms with Gasteiger partial charge in [0.15, 0.2) is 0 Å². The van der Waals surface area contributed by atoms with Crippen LogP contribution in [-0.2, 0) is 24.8 Å². The molecule has 0 saturated heterocycles. The predicted octanol–water partition coefficient (Wildman–Crippen LogP) is 3.54. The summed E-state index contributed by atoms with van der Waals surface area (Å²) < 4.78 is 7.19. The summed E-state index contributed by atoms with van der Waals surface area (Å²) >= 11 is 0. The van der Waals surface area contributed by atoms with Crippen molar-refractivity contribution in [3.05, 3.63) is 47.3 Å². The zero-order chi connectivity index (χ0) is 18.0. The highest BCUT2D eigenvalue weighted by Gasteiger charge is 2.23. The fraction of sp³-hybridized carbons (Fsp3) is 0.474. The van der Waals surface area contributed by atoms with Gasteiger partial charge in [0.2, 0.25) is 0 Å². The number of anilines is 1. The van der Waals surface area contributed by atoms with E-state index in [1.807, 2.05) is 56.9 Å². The Balaban J connectivity index is 1.62. The van der Waals surface area contributed by atoms with E-state index >= 15 is 0 Å². The quantitative estimate of drug-likeness (QED) is 0.892. The third-order valence-corrected chi connectivity index (χ3v) is 4.32. The summed E-state index contributed by atoms with van der Waals surface area (Å²) in [5.74, 6) is 0. The first-order valence-electron chi connectivity index (χ1n) is 8.65. The summed E-state index contributed by atoms with van der Waals surface area (Å²) in [6, 6.07) is 8.44. The van der Waals surface area contributed by atoms with Crippen molar-refractivity contribution in [1.29, 1.82) is 0 Å². The minimum Gasteiger partial charge on any atom is -0.444 e. The Bertz CT molecular complexity index is 761. The monoisotopic (exact) mass is 342 g/mol. The molecule has 2 N–H and O–H groups in total. The van der Waals surface area contributed by atoms with Crippen molar-refractivity contribution in [2.24, 2.45) is 7.05 Å². The maximum absolute atomic E-state index is 11.9. The van der Waals surface area contributed by atoms with Crippen LogP contribution in [0.5, 0.6) is 0 Å². The van der Waals surface area contributed by atoms with Gasteiger partial charge in [0.25, 0.3) is 0 Å². The molecule has 3 rings (SSSR count). The molecule has 2 aromatic rings. The lowest BCUT2D eigenvalue weighted by atomic mass is 10.1. The highest BCUT2D eigenvalue weighted by Crippen LogP contribution is 2.33. The normalized spacial score (nSPS) is 16.6. The molecule has 1 aliphatic rings. The number of ether oxygens (including phenoxy) is 1. The number of benzene rings is 1. The molecule has 1 aromatic carbocycles. The molecular weight excluding hydrogens is 316 g/mol. The fourth-order valence-corrected chi connectivity index (χ4v) is 3.13. The maximum Gasteiger partial charge on any atom is 0.412 e. The van der Waals surface area contributed by atoms with Gasteiger partial charge in [0.05, 0.1) is 5.69 Å². The summed E-state index contributed by atoms with van der Waals surface area (Å²) in [5.41, 5.74) is 4.02. The van der Waals surface area contributed by atoms with Crippen molar-refractivity contribution in [1.82, 2.24) is 15.1 Å². The largest absolute Gasteiger partial charge is 0.444 e. The topological polar surface area (TPSA) is 68.2 Å². The van der Waals surface area contributed by atoms with E-state index in [1.54, 1.807) is 0 Å². The smallest absolute Gasteiger partial charge is 0.412 e. The zero-order valence-corrected chi connectivity index (χ0v) is 15.3. The van der Waals surface area contributed by atoms with Crippen molar-refractivity contribution in [2.45, 2.75) is 51.8 Å². The molecule has 1 atom stereocenters. The number of nitrogens with one attached hydrogen (secondary N) is 2. The van der Waals surface area contributed by atoms with Crippen LogP contribution >= 0.6 is 0 Å². The zero-order valence-electron chi connectivity index (χ0n) is 15.3. The second kappa shape index (κ2) is 6.88. The standard InChI is InChI=1S/C19H26N4O2/c1-19(2,3)25-18(24)22-14-6-7-16-13(11-14)5-8-17(16)20-12-15-9-10-21-23(15)4/h6-7,9-11,17,20H,5,8,12H2,1-4H3,(H,22,24). The number of aromatic nitrogens is 2. The van der Waals surface area contributed by atoms with Crippen LogP contribution in [0, 0.1) is 0 Å². The van der Waals surface area contributed by atoms with E-state index in [1.165, 1.54) is 11.1 Å². The summed E-state index contributed by atoms with van der Waals surface area (Å²) in [5, 5.41) is 10.6. The minimum absolute atomic E-state index is 0.334. The Kier molecular flexibility index (Phi) is 4.81. The van der Waals surface area contributed by atoms with Crippen molar-refractivity contribution >= 4 is 11.8 Å². The second-order valence-electron chi connectivity index (χ2n) is 7.46. The Morgan fingerprint density at radius 1 is 1.36 bits per heavy atom. The average Bonchev–Trinajstić information content (AvgIpc) is 3.09. The minimum atomic E-state index is -0.498. The molecule has 6 nitrogen and oxygen atoms in total. The van der Waals surface area contributed by atoms with Crippen LogP contribution in [-0.4, -0.2) is 21.5 Å². The van der Waals surface area contributed by atoms with E-state index in [4.69, 9.17) is 4.74 Å². The first-order chi connectivity index (χ1) is 11.8. The van der Waals surface area contributed by atoms with Crippen molar-refractivity contribution < 1.29 is 9.53 Å². The van der Waals surface area contributed by atoms with E-state index < -0.39 is 11.7 Å². The summed E-state index contributed by atoms with van der Waals surface area (Å²) in [4.78, 5) is 11.9. The molecule has 1 aliphatic carbocycles. The van der Waals surface area contributed by atoms with Crippen LogP contribution in [0.2, 0.25) is 0 Å². The van der Waals surface area contributed by atoms with Gasteiger partial charge in [-0.05, 0) is 62.9 Å². The fourth-order valence-electron chi connectivity index (χ4n) is 3.13. The Hall–Kier alpha value is -2.34. The lowest BCUT2D eigenvalue weighted by molar-refractivity contribution is 0.0636. The average molecular weight is 342 g/mol. The van der Waals surface area contributed by atoms with Crippen molar-refractivity contribution in [2.75, 3.05) is 5.32 Å². The van der Waals surface area contributed by atoms with E-state index in [2.05, 4.69) is 21.8 Å². The van der Waals surface area contributed by atoms with Gasteiger partial charge in [-0.25, -0.2) is 4.79 Å². The van der Waals surface area contributed by atoms with E-state index in [0.29, 0.717) is 6.04 Å². The molecular formula is C19H26N4O2. The van der Waals surface area contributed by atoms with Crippen LogP contribution in [0.1, 0.15) is 50.1 Å². The third kappa shape index (κ3) is 4.39. The lowest BCUT2D eigenvalue weighted by Crippen LogP contribution is -2.27. The summed E-state index contributed by atoms with van der Waals surface area (Å²) in [6.07, 6.45) is 3.45. The maximum atomic E-state index is 11.9. The number of rotatable bonds is 4. The van der Waals surface area contributed by atoms with Crippen molar-refractivity contribution in [3.8, 4) is 0 Å². The number of fused-ring (bicyclic) bond motifs is 1. The van der Waals surface area contributed by atoms with E-state index in [-0.39, 0.29) is 0 Å². The van der Waals surface area contributed by atoms with Gasteiger partial charge in [-0.1, -0.05) is 6.07 Å². The van der Waals surface area contributed by atoms with Crippen LogP contribution < -0.4 is 10.6 Å². The molecule has 1 unspecified atom stereocenters. The molecule has 0 aliphatic heterocycles. The molecule has 25 heavy (non-hydrogen) atoms.